The van der Waals surface area contributed by atoms with Gasteiger partial charge in [0, 0.05) is 31.9 Å². The summed E-state index contributed by atoms with van der Waals surface area (Å²) in [5.41, 5.74) is 1.32. The molecule has 2 amide bonds. The first kappa shape index (κ1) is 21.3. The molecule has 5 nitrogen and oxygen atoms in total. The summed E-state index contributed by atoms with van der Waals surface area (Å²) in [4.78, 5) is 25.5. The number of nitrogens with one attached hydrogen (secondary N) is 2. The molecule has 3 aromatic carbocycles. The van der Waals surface area contributed by atoms with Crippen molar-refractivity contribution in [3.63, 3.8) is 0 Å². The van der Waals surface area contributed by atoms with Gasteiger partial charge in [-0.3, -0.25) is 9.59 Å². The lowest BCUT2D eigenvalue weighted by Gasteiger charge is -2.18. The van der Waals surface area contributed by atoms with Crippen molar-refractivity contribution in [1.29, 1.82) is 0 Å². The van der Waals surface area contributed by atoms with Crippen LogP contribution in [0.1, 0.15) is 37.9 Å². The molecule has 0 fully saturated rings. The van der Waals surface area contributed by atoms with Crippen LogP contribution in [-0.2, 0) is 0 Å². The third-order valence-corrected chi connectivity index (χ3v) is 5.68. The number of carbonyl (C=O) groups is 2. The van der Waals surface area contributed by atoms with Gasteiger partial charge in [-0.05, 0) is 48.5 Å². The van der Waals surface area contributed by atoms with Gasteiger partial charge < -0.3 is 15.4 Å². The Labute approximate surface area is 189 Å². The van der Waals surface area contributed by atoms with Crippen molar-refractivity contribution in [1.82, 2.24) is 5.32 Å². The monoisotopic (exact) mass is 506 g/mol. The lowest BCUT2D eigenvalue weighted by molar-refractivity contribution is 0.0959. The third-order valence-electron chi connectivity index (χ3n) is 4.88. The smallest absolute Gasteiger partial charge is 0.259 e. The average Bonchev–Trinajstić information content (AvgIpc) is 3.06. The molecule has 1 unspecified atom stereocenters. The summed E-state index contributed by atoms with van der Waals surface area (Å²) in [6.45, 7) is 0. The molecule has 3 aromatic rings. The van der Waals surface area contributed by atoms with E-state index in [1.807, 2.05) is 0 Å². The zero-order chi connectivity index (χ0) is 22.3. The molecular formula is C22H14BrClF2N2O3. The number of halogens is 4. The van der Waals surface area contributed by atoms with E-state index in [4.69, 9.17) is 16.3 Å². The van der Waals surface area contributed by atoms with E-state index in [-0.39, 0.29) is 22.0 Å². The molecule has 31 heavy (non-hydrogen) atoms. The number of fused-ring (bicyclic) bond motifs is 1. The highest BCUT2D eigenvalue weighted by atomic mass is 79.9. The predicted molar refractivity (Wildman–Crippen MR) is 116 cm³/mol. The Balaban J connectivity index is 1.81. The molecule has 0 aliphatic carbocycles. The number of rotatable bonds is 4. The van der Waals surface area contributed by atoms with Gasteiger partial charge >= 0.3 is 0 Å². The van der Waals surface area contributed by atoms with Gasteiger partial charge in [0.15, 0.2) is 0 Å². The van der Waals surface area contributed by atoms with Crippen molar-refractivity contribution in [2.24, 2.45) is 0 Å². The molecule has 0 spiro atoms. The second-order valence-corrected chi connectivity index (χ2v) is 8.11. The summed E-state index contributed by atoms with van der Waals surface area (Å²) >= 11 is 9.59. The number of amides is 2. The fraction of sp³-hybridized carbons (Fsp3) is 0.0909. The Morgan fingerprint density at radius 2 is 1.84 bits per heavy atom. The van der Waals surface area contributed by atoms with E-state index in [0.717, 1.165) is 6.07 Å². The minimum absolute atomic E-state index is 0.0196. The van der Waals surface area contributed by atoms with Crippen LogP contribution in [0.2, 0.25) is 5.02 Å². The summed E-state index contributed by atoms with van der Waals surface area (Å²) in [7, 11) is 1.37. The molecule has 2 N–H and O–H groups in total. The van der Waals surface area contributed by atoms with E-state index in [1.165, 1.54) is 37.4 Å². The number of ether oxygens (including phenoxy) is 1. The molecule has 1 aliphatic heterocycles. The molecule has 1 aliphatic rings. The largest absolute Gasteiger partial charge is 0.496 e. The van der Waals surface area contributed by atoms with Gasteiger partial charge in [-0.25, -0.2) is 8.78 Å². The Morgan fingerprint density at radius 3 is 2.58 bits per heavy atom. The maximum atomic E-state index is 13.9. The summed E-state index contributed by atoms with van der Waals surface area (Å²) in [6, 6.07) is 9.81. The number of anilines is 1. The molecule has 4 rings (SSSR count). The number of hydrogen-bond donors (Lipinski definition) is 2. The minimum Gasteiger partial charge on any atom is -0.496 e. The van der Waals surface area contributed by atoms with Crippen molar-refractivity contribution in [3.8, 4) is 5.75 Å². The maximum Gasteiger partial charge on any atom is 0.259 e. The van der Waals surface area contributed by atoms with Crippen molar-refractivity contribution >= 4 is 45.0 Å². The first-order valence-electron chi connectivity index (χ1n) is 9.02. The summed E-state index contributed by atoms with van der Waals surface area (Å²) in [5.74, 6) is -1.98. The number of benzene rings is 3. The third kappa shape index (κ3) is 4.00. The van der Waals surface area contributed by atoms with Gasteiger partial charge in [0.2, 0.25) is 0 Å². The quantitative estimate of drug-likeness (QED) is 0.492. The van der Waals surface area contributed by atoms with Crippen LogP contribution in [0.25, 0.3) is 0 Å². The lowest BCUT2D eigenvalue weighted by Crippen LogP contribution is -2.21. The second-order valence-electron chi connectivity index (χ2n) is 6.79. The molecule has 0 bridgehead atoms. The lowest BCUT2D eigenvalue weighted by atomic mass is 9.96. The SMILES string of the molecule is COc1ccc(F)cc1C(=O)Nc1cc(Br)cc2c1C(c1cc(F)ccc1Cl)NC2=O. The highest BCUT2D eigenvalue weighted by Crippen LogP contribution is 2.41. The standard InChI is InChI=1S/C22H14BrClF2N2O3/c1-31-18-5-3-12(26)9-14(18)21(29)27-17-7-10(23)6-15-19(17)20(28-22(15)30)13-8-11(25)2-4-16(13)24/h2-9,20H,1H3,(H,27,29)(H,28,30). The van der Waals surface area contributed by atoms with Crippen molar-refractivity contribution in [3.05, 3.63) is 91.9 Å². The first-order valence-corrected chi connectivity index (χ1v) is 10.2. The van der Waals surface area contributed by atoms with Crippen molar-refractivity contribution < 1.29 is 23.1 Å². The number of methoxy groups -OCH3 is 1. The van der Waals surface area contributed by atoms with Crippen LogP contribution >= 0.6 is 27.5 Å². The summed E-state index contributed by atoms with van der Waals surface area (Å²) < 4.78 is 33.3. The highest BCUT2D eigenvalue weighted by Gasteiger charge is 2.34. The van der Waals surface area contributed by atoms with Crippen LogP contribution in [-0.4, -0.2) is 18.9 Å². The number of carbonyl (C=O) groups excluding carboxylic acids is 2. The maximum absolute atomic E-state index is 13.9. The molecule has 0 aromatic heterocycles. The van der Waals surface area contributed by atoms with Crippen molar-refractivity contribution in [2.45, 2.75) is 6.04 Å². The fourth-order valence-electron chi connectivity index (χ4n) is 3.52. The molecular weight excluding hydrogens is 494 g/mol. The van der Waals surface area contributed by atoms with E-state index in [2.05, 4.69) is 26.6 Å². The molecule has 0 saturated carbocycles. The van der Waals surface area contributed by atoms with E-state index in [0.29, 0.717) is 21.2 Å². The van der Waals surface area contributed by atoms with Crippen LogP contribution in [0.15, 0.2) is 53.0 Å². The number of hydrogen-bond acceptors (Lipinski definition) is 3. The van der Waals surface area contributed by atoms with E-state index in [1.54, 1.807) is 12.1 Å². The van der Waals surface area contributed by atoms with E-state index < -0.39 is 29.5 Å². The van der Waals surface area contributed by atoms with Gasteiger partial charge in [-0.2, -0.15) is 0 Å². The van der Waals surface area contributed by atoms with Crippen LogP contribution in [0.5, 0.6) is 5.75 Å². The molecule has 0 saturated heterocycles. The van der Waals surface area contributed by atoms with Crippen LogP contribution in [0.3, 0.4) is 0 Å². The normalized spacial score (nSPS) is 14.7. The average molecular weight is 508 g/mol. The summed E-state index contributed by atoms with van der Waals surface area (Å²) in [5, 5.41) is 5.74. The van der Waals surface area contributed by atoms with Gasteiger partial charge in [-0.15, -0.1) is 0 Å². The molecule has 1 heterocycles. The van der Waals surface area contributed by atoms with Gasteiger partial charge in [0.1, 0.15) is 17.4 Å². The predicted octanol–water partition coefficient (Wildman–Crippen LogP) is 5.47. The molecule has 1 atom stereocenters. The Kier molecular flexibility index (Phi) is 5.68. The minimum atomic E-state index is -0.788. The Hall–Kier alpha value is -2.97. The molecule has 9 heteroatoms. The van der Waals surface area contributed by atoms with Gasteiger partial charge in [0.25, 0.3) is 11.8 Å². The fourth-order valence-corrected chi connectivity index (χ4v) is 4.20. The van der Waals surface area contributed by atoms with Gasteiger partial charge in [-0.1, -0.05) is 27.5 Å². The first-order chi connectivity index (χ1) is 14.8. The van der Waals surface area contributed by atoms with E-state index >= 15 is 0 Å². The topological polar surface area (TPSA) is 67.4 Å². The molecule has 158 valence electrons. The van der Waals surface area contributed by atoms with Crippen LogP contribution in [0.4, 0.5) is 14.5 Å². The Morgan fingerprint density at radius 1 is 1.13 bits per heavy atom. The summed E-state index contributed by atoms with van der Waals surface area (Å²) in [6.07, 6.45) is 0. The zero-order valence-corrected chi connectivity index (χ0v) is 18.3. The van der Waals surface area contributed by atoms with Crippen LogP contribution < -0.4 is 15.4 Å². The zero-order valence-electron chi connectivity index (χ0n) is 15.9. The second kappa shape index (κ2) is 8.28. The Bertz CT molecular complexity index is 1240. The highest BCUT2D eigenvalue weighted by molar-refractivity contribution is 9.10. The molecule has 0 radical (unpaired) electrons. The van der Waals surface area contributed by atoms with Gasteiger partial charge in [0.05, 0.1) is 18.7 Å². The van der Waals surface area contributed by atoms with Crippen LogP contribution in [0, 0.1) is 11.6 Å². The van der Waals surface area contributed by atoms with E-state index in [9.17, 15) is 18.4 Å². The van der Waals surface area contributed by atoms with Crippen molar-refractivity contribution in [2.75, 3.05) is 12.4 Å².